The molecule has 0 aromatic rings. The second-order valence-corrected chi connectivity index (χ2v) is 4.83. The summed E-state index contributed by atoms with van der Waals surface area (Å²) in [5.74, 6) is -0.148. The Kier molecular flexibility index (Phi) is 6.60. The Hall–Kier alpha value is -0.650. The summed E-state index contributed by atoms with van der Waals surface area (Å²) < 4.78 is 5.07. The Morgan fingerprint density at radius 1 is 1.44 bits per heavy atom. The molecule has 5 heteroatoms. The molecule has 1 saturated heterocycles. The molecule has 1 N–H and O–H groups in total. The largest absolute Gasteiger partial charge is 0.465 e. The minimum Gasteiger partial charge on any atom is -0.465 e. The molecule has 0 aromatic heterocycles. The van der Waals surface area contributed by atoms with Crippen molar-refractivity contribution in [3.8, 4) is 0 Å². The van der Waals surface area contributed by atoms with Gasteiger partial charge in [0.25, 0.3) is 0 Å². The Morgan fingerprint density at radius 2 is 2.17 bits per heavy atom. The maximum absolute atomic E-state index is 11.7. The van der Waals surface area contributed by atoms with Gasteiger partial charge in [-0.05, 0) is 27.4 Å². The summed E-state index contributed by atoms with van der Waals surface area (Å²) in [7, 11) is 1.81. The number of ether oxygens (including phenoxy) is 1. The molecule has 18 heavy (non-hydrogen) atoms. The lowest BCUT2D eigenvalue weighted by Crippen LogP contribution is -2.55. The summed E-state index contributed by atoms with van der Waals surface area (Å²) in [6.45, 7) is 11.7. The highest BCUT2D eigenvalue weighted by molar-refractivity contribution is 5.76. The first-order valence-electron chi connectivity index (χ1n) is 6.92. The van der Waals surface area contributed by atoms with Crippen molar-refractivity contribution >= 4 is 5.97 Å². The molecular formula is C13H27N3O2. The van der Waals surface area contributed by atoms with E-state index in [0.29, 0.717) is 12.6 Å². The number of nitrogens with zero attached hydrogens (tertiary/aromatic N) is 2. The summed E-state index contributed by atoms with van der Waals surface area (Å²) in [6.07, 6.45) is 0. The molecule has 2 atom stereocenters. The summed E-state index contributed by atoms with van der Waals surface area (Å²) in [5, 5.41) is 3.04. The molecule has 0 aliphatic carbocycles. The van der Waals surface area contributed by atoms with E-state index in [0.717, 1.165) is 32.7 Å². The first-order chi connectivity index (χ1) is 8.62. The Bertz CT molecular complexity index is 261. The van der Waals surface area contributed by atoms with Crippen molar-refractivity contribution < 1.29 is 9.53 Å². The average molecular weight is 257 g/mol. The number of likely N-dealkylation sites (N-methyl/N-ethyl adjacent to an activating group) is 2. The van der Waals surface area contributed by atoms with Gasteiger partial charge in [0.15, 0.2) is 0 Å². The SMILES string of the molecule is CCOC(=O)C(CN1CCN(CC)C(C)C1)NC. The van der Waals surface area contributed by atoms with Crippen LogP contribution in [0.5, 0.6) is 0 Å². The van der Waals surface area contributed by atoms with Crippen LogP contribution in [0.15, 0.2) is 0 Å². The summed E-state index contributed by atoms with van der Waals surface area (Å²) in [6, 6.07) is 0.341. The molecule has 0 radical (unpaired) electrons. The molecule has 106 valence electrons. The Morgan fingerprint density at radius 3 is 2.67 bits per heavy atom. The lowest BCUT2D eigenvalue weighted by molar-refractivity contribution is -0.146. The molecule has 1 aliphatic rings. The third-order valence-corrected chi connectivity index (χ3v) is 3.62. The molecule has 0 aromatic carbocycles. The highest BCUT2D eigenvalue weighted by Gasteiger charge is 2.26. The zero-order valence-electron chi connectivity index (χ0n) is 12.1. The predicted octanol–water partition coefficient (Wildman–Crippen LogP) is 0.164. The van der Waals surface area contributed by atoms with Gasteiger partial charge in [-0.1, -0.05) is 6.92 Å². The first kappa shape index (κ1) is 15.4. The minimum absolute atomic E-state index is 0.148. The van der Waals surface area contributed by atoms with Crippen LogP contribution in [0.4, 0.5) is 0 Å². The van der Waals surface area contributed by atoms with Gasteiger partial charge >= 0.3 is 5.97 Å². The van der Waals surface area contributed by atoms with Gasteiger partial charge in [0.1, 0.15) is 6.04 Å². The second-order valence-electron chi connectivity index (χ2n) is 4.83. The minimum atomic E-state index is -0.217. The molecule has 0 amide bonds. The van der Waals surface area contributed by atoms with Gasteiger partial charge in [-0.2, -0.15) is 0 Å². The third kappa shape index (κ3) is 4.23. The number of piperazine rings is 1. The molecule has 1 aliphatic heterocycles. The fourth-order valence-electron chi connectivity index (χ4n) is 2.49. The van der Waals surface area contributed by atoms with Crippen LogP contribution in [0.1, 0.15) is 20.8 Å². The molecule has 1 rings (SSSR count). The lowest BCUT2D eigenvalue weighted by Gasteiger charge is -2.40. The lowest BCUT2D eigenvalue weighted by atomic mass is 10.1. The number of hydrogen-bond acceptors (Lipinski definition) is 5. The van der Waals surface area contributed by atoms with Crippen LogP contribution in [0.25, 0.3) is 0 Å². The molecule has 1 fully saturated rings. The topological polar surface area (TPSA) is 44.8 Å². The third-order valence-electron chi connectivity index (χ3n) is 3.62. The van der Waals surface area contributed by atoms with Crippen molar-refractivity contribution in [1.82, 2.24) is 15.1 Å². The van der Waals surface area contributed by atoms with E-state index in [-0.39, 0.29) is 12.0 Å². The van der Waals surface area contributed by atoms with Crippen LogP contribution in [-0.4, -0.2) is 74.2 Å². The smallest absolute Gasteiger partial charge is 0.324 e. The molecular weight excluding hydrogens is 230 g/mol. The quantitative estimate of drug-likeness (QED) is 0.687. The van der Waals surface area contributed by atoms with E-state index >= 15 is 0 Å². The van der Waals surface area contributed by atoms with Crippen LogP contribution < -0.4 is 5.32 Å². The first-order valence-corrected chi connectivity index (χ1v) is 6.92. The number of esters is 1. The van der Waals surface area contributed by atoms with Crippen molar-refractivity contribution in [2.75, 3.05) is 46.4 Å². The van der Waals surface area contributed by atoms with Gasteiger partial charge in [0.2, 0.25) is 0 Å². The monoisotopic (exact) mass is 257 g/mol. The number of hydrogen-bond donors (Lipinski definition) is 1. The van der Waals surface area contributed by atoms with Gasteiger partial charge < -0.3 is 10.1 Å². The van der Waals surface area contributed by atoms with Crippen molar-refractivity contribution in [2.24, 2.45) is 0 Å². The second kappa shape index (κ2) is 7.71. The van der Waals surface area contributed by atoms with Crippen molar-refractivity contribution in [2.45, 2.75) is 32.9 Å². The van der Waals surface area contributed by atoms with Crippen LogP contribution in [0.2, 0.25) is 0 Å². The number of carbonyl (C=O) groups excluding carboxylic acids is 1. The molecule has 2 unspecified atom stereocenters. The normalized spacial score (nSPS) is 23.9. The van der Waals surface area contributed by atoms with Gasteiger partial charge in [0.05, 0.1) is 6.61 Å². The van der Waals surface area contributed by atoms with Crippen LogP contribution in [-0.2, 0) is 9.53 Å². The number of rotatable bonds is 6. The Balaban J connectivity index is 2.44. The van der Waals surface area contributed by atoms with Gasteiger partial charge in [0, 0.05) is 32.2 Å². The number of carbonyl (C=O) groups is 1. The zero-order chi connectivity index (χ0) is 13.5. The highest BCUT2D eigenvalue weighted by atomic mass is 16.5. The molecule has 0 spiro atoms. The summed E-state index contributed by atoms with van der Waals surface area (Å²) in [4.78, 5) is 16.5. The zero-order valence-corrected chi connectivity index (χ0v) is 12.1. The molecule has 0 saturated carbocycles. The van der Waals surface area contributed by atoms with E-state index in [1.165, 1.54) is 0 Å². The van der Waals surface area contributed by atoms with Crippen molar-refractivity contribution in [1.29, 1.82) is 0 Å². The van der Waals surface area contributed by atoms with E-state index in [2.05, 4.69) is 29.0 Å². The fraction of sp³-hybridized carbons (Fsp3) is 0.923. The summed E-state index contributed by atoms with van der Waals surface area (Å²) in [5.41, 5.74) is 0. The highest BCUT2D eigenvalue weighted by Crippen LogP contribution is 2.09. The van der Waals surface area contributed by atoms with Gasteiger partial charge in [-0.15, -0.1) is 0 Å². The standard InChI is InChI=1S/C13H27N3O2/c1-5-16-8-7-15(9-11(16)3)10-12(14-4)13(17)18-6-2/h11-12,14H,5-10H2,1-4H3. The van der Waals surface area contributed by atoms with E-state index < -0.39 is 0 Å². The Labute approximate surface area is 110 Å². The van der Waals surface area contributed by atoms with Gasteiger partial charge in [-0.25, -0.2) is 0 Å². The van der Waals surface area contributed by atoms with E-state index in [1.54, 1.807) is 0 Å². The van der Waals surface area contributed by atoms with Crippen LogP contribution in [0, 0.1) is 0 Å². The van der Waals surface area contributed by atoms with E-state index in [1.807, 2.05) is 14.0 Å². The average Bonchev–Trinajstić information content (AvgIpc) is 2.36. The predicted molar refractivity (Wildman–Crippen MR) is 72.6 cm³/mol. The van der Waals surface area contributed by atoms with Crippen molar-refractivity contribution in [3.05, 3.63) is 0 Å². The molecule has 5 nitrogen and oxygen atoms in total. The summed E-state index contributed by atoms with van der Waals surface area (Å²) >= 11 is 0. The fourth-order valence-corrected chi connectivity index (χ4v) is 2.49. The van der Waals surface area contributed by atoms with E-state index in [9.17, 15) is 4.79 Å². The van der Waals surface area contributed by atoms with Gasteiger partial charge in [-0.3, -0.25) is 14.6 Å². The van der Waals surface area contributed by atoms with Crippen LogP contribution in [0.3, 0.4) is 0 Å². The van der Waals surface area contributed by atoms with E-state index in [4.69, 9.17) is 4.74 Å². The molecule has 0 bridgehead atoms. The number of nitrogens with one attached hydrogen (secondary N) is 1. The maximum Gasteiger partial charge on any atom is 0.324 e. The maximum atomic E-state index is 11.7. The molecule has 1 heterocycles. The van der Waals surface area contributed by atoms with Crippen molar-refractivity contribution in [3.63, 3.8) is 0 Å². The van der Waals surface area contributed by atoms with Crippen LogP contribution >= 0.6 is 0 Å².